The van der Waals surface area contributed by atoms with Crippen LogP contribution in [0.3, 0.4) is 0 Å². The molecule has 0 unspecified atom stereocenters. The molecule has 2 amide bonds. The van der Waals surface area contributed by atoms with Gasteiger partial charge >= 0.3 is 0 Å². The van der Waals surface area contributed by atoms with Gasteiger partial charge in [0.05, 0.1) is 4.92 Å². The van der Waals surface area contributed by atoms with Gasteiger partial charge in [0.25, 0.3) is 11.6 Å². The Labute approximate surface area is 172 Å². The zero-order valence-corrected chi connectivity index (χ0v) is 16.7. The summed E-state index contributed by atoms with van der Waals surface area (Å²) in [6, 6.07) is 10.6. The molecule has 1 N–H and O–H groups in total. The second-order valence-corrected chi connectivity index (χ2v) is 6.99. The normalized spacial score (nSPS) is 10.4. The van der Waals surface area contributed by atoms with Gasteiger partial charge in [-0.1, -0.05) is 23.2 Å². The Kier molecular flexibility index (Phi) is 7.78. The summed E-state index contributed by atoms with van der Waals surface area (Å²) in [5, 5.41) is 14.5. The SMILES string of the molecule is CN(Cc1cc([N+](=O)[O-])ccc1Cl)C(=O)CCCNC(=O)c1ccc(Cl)cc1. The van der Waals surface area contributed by atoms with Gasteiger partial charge in [-0.15, -0.1) is 0 Å². The average Bonchev–Trinajstić information content (AvgIpc) is 2.66. The second kappa shape index (κ2) is 10.1. The molecule has 9 heteroatoms. The van der Waals surface area contributed by atoms with Gasteiger partial charge in [-0.3, -0.25) is 19.7 Å². The summed E-state index contributed by atoms with van der Waals surface area (Å²) in [6.07, 6.45) is 0.690. The highest BCUT2D eigenvalue weighted by atomic mass is 35.5. The summed E-state index contributed by atoms with van der Waals surface area (Å²) < 4.78 is 0. The van der Waals surface area contributed by atoms with Gasteiger partial charge in [0.15, 0.2) is 0 Å². The minimum atomic E-state index is -0.509. The first-order valence-electron chi connectivity index (χ1n) is 8.48. The molecule has 0 aliphatic heterocycles. The van der Waals surface area contributed by atoms with E-state index in [1.807, 2.05) is 0 Å². The fourth-order valence-corrected chi connectivity index (χ4v) is 2.78. The van der Waals surface area contributed by atoms with Crippen LogP contribution in [0, 0.1) is 10.1 Å². The van der Waals surface area contributed by atoms with Crippen molar-refractivity contribution in [3.63, 3.8) is 0 Å². The van der Waals surface area contributed by atoms with E-state index in [2.05, 4.69) is 5.32 Å². The lowest BCUT2D eigenvalue weighted by molar-refractivity contribution is -0.384. The van der Waals surface area contributed by atoms with E-state index >= 15 is 0 Å². The minimum absolute atomic E-state index is 0.0786. The Morgan fingerprint density at radius 3 is 2.46 bits per heavy atom. The van der Waals surface area contributed by atoms with Crippen LogP contribution in [0.2, 0.25) is 10.0 Å². The summed E-state index contributed by atoms with van der Waals surface area (Å²) in [5.41, 5.74) is 0.918. The monoisotopic (exact) mass is 423 g/mol. The van der Waals surface area contributed by atoms with Crippen molar-refractivity contribution in [1.29, 1.82) is 0 Å². The Morgan fingerprint density at radius 2 is 1.82 bits per heavy atom. The van der Waals surface area contributed by atoms with E-state index in [1.54, 1.807) is 31.3 Å². The molecule has 2 aromatic rings. The van der Waals surface area contributed by atoms with Crippen molar-refractivity contribution < 1.29 is 14.5 Å². The number of non-ortho nitro benzene ring substituents is 1. The van der Waals surface area contributed by atoms with Crippen molar-refractivity contribution in [2.45, 2.75) is 19.4 Å². The maximum Gasteiger partial charge on any atom is 0.269 e. The third-order valence-corrected chi connectivity index (χ3v) is 4.65. The van der Waals surface area contributed by atoms with E-state index in [9.17, 15) is 19.7 Å². The number of rotatable bonds is 8. The molecule has 7 nitrogen and oxygen atoms in total. The Hall–Kier alpha value is -2.64. The maximum atomic E-state index is 12.3. The molecule has 2 rings (SSSR count). The van der Waals surface area contributed by atoms with Crippen molar-refractivity contribution in [2.75, 3.05) is 13.6 Å². The summed E-state index contributed by atoms with van der Waals surface area (Å²) in [6.45, 7) is 0.509. The summed E-state index contributed by atoms with van der Waals surface area (Å²) >= 11 is 11.8. The van der Waals surface area contributed by atoms with Gasteiger partial charge in [0.1, 0.15) is 0 Å². The van der Waals surface area contributed by atoms with Crippen molar-refractivity contribution in [3.05, 3.63) is 73.8 Å². The number of carbonyl (C=O) groups excluding carboxylic acids is 2. The number of nitrogens with zero attached hydrogens (tertiary/aromatic N) is 2. The van der Waals surface area contributed by atoms with Gasteiger partial charge in [0, 0.05) is 54.3 Å². The minimum Gasteiger partial charge on any atom is -0.352 e. The molecule has 0 radical (unpaired) electrons. The van der Waals surface area contributed by atoms with Crippen LogP contribution in [0.1, 0.15) is 28.8 Å². The maximum absolute atomic E-state index is 12.3. The number of halogens is 2. The Morgan fingerprint density at radius 1 is 1.14 bits per heavy atom. The molecule has 0 aromatic heterocycles. The second-order valence-electron chi connectivity index (χ2n) is 6.15. The predicted molar refractivity (Wildman–Crippen MR) is 108 cm³/mol. The molecule has 0 saturated heterocycles. The number of nitro groups is 1. The molecule has 2 aromatic carbocycles. The molecule has 148 valence electrons. The molecule has 0 spiro atoms. The van der Waals surface area contributed by atoms with Crippen LogP contribution in [-0.2, 0) is 11.3 Å². The number of benzene rings is 2. The van der Waals surface area contributed by atoms with Crippen LogP contribution >= 0.6 is 23.2 Å². The van der Waals surface area contributed by atoms with Crippen LogP contribution in [0.25, 0.3) is 0 Å². The van der Waals surface area contributed by atoms with Gasteiger partial charge in [-0.25, -0.2) is 0 Å². The summed E-state index contributed by atoms with van der Waals surface area (Å²) in [7, 11) is 1.60. The zero-order chi connectivity index (χ0) is 20.7. The van der Waals surface area contributed by atoms with Crippen LogP contribution in [-0.4, -0.2) is 35.2 Å². The van der Waals surface area contributed by atoms with Gasteiger partial charge < -0.3 is 10.2 Å². The van der Waals surface area contributed by atoms with Crippen molar-refractivity contribution in [2.24, 2.45) is 0 Å². The zero-order valence-electron chi connectivity index (χ0n) is 15.2. The van der Waals surface area contributed by atoms with E-state index in [-0.39, 0.29) is 30.5 Å². The smallest absolute Gasteiger partial charge is 0.269 e. The molecule has 0 fully saturated rings. The van der Waals surface area contributed by atoms with Crippen molar-refractivity contribution in [1.82, 2.24) is 10.2 Å². The Balaban J connectivity index is 1.80. The number of hydrogen-bond acceptors (Lipinski definition) is 4. The van der Waals surface area contributed by atoms with Gasteiger partial charge in [-0.05, 0) is 42.3 Å². The van der Waals surface area contributed by atoms with Crippen molar-refractivity contribution in [3.8, 4) is 0 Å². The first kappa shape index (κ1) is 21.7. The quantitative estimate of drug-likeness (QED) is 0.393. The van der Waals surface area contributed by atoms with E-state index in [0.717, 1.165) is 0 Å². The lowest BCUT2D eigenvalue weighted by Gasteiger charge is -2.18. The molecule has 0 aliphatic rings. The highest BCUT2D eigenvalue weighted by molar-refractivity contribution is 6.31. The first-order valence-corrected chi connectivity index (χ1v) is 9.24. The third-order valence-electron chi connectivity index (χ3n) is 4.03. The molecule has 0 bridgehead atoms. The van der Waals surface area contributed by atoms with Crippen LogP contribution in [0.15, 0.2) is 42.5 Å². The molecule has 0 aliphatic carbocycles. The summed E-state index contributed by atoms with van der Waals surface area (Å²) in [4.78, 5) is 36.0. The molecule has 0 atom stereocenters. The fourth-order valence-electron chi connectivity index (χ4n) is 2.48. The number of nitrogens with one attached hydrogen (secondary N) is 1. The van der Waals surface area contributed by atoms with E-state index in [4.69, 9.17) is 23.2 Å². The standard InChI is InChI=1S/C19H19Cl2N3O4/c1-23(12-14-11-16(24(27)28)8-9-17(14)21)18(25)3-2-10-22-19(26)13-4-6-15(20)7-5-13/h4-9,11H,2-3,10,12H2,1H3,(H,22,26). The number of carbonyl (C=O) groups is 2. The lowest BCUT2D eigenvalue weighted by Crippen LogP contribution is -2.28. The fraction of sp³-hybridized carbons (Fsp3) is 0.263. The van der Waals surface area contributed by atoms with E-state index in [0.29, 0.717) is 34.1 Å². The highest BCUT2D eigenvalue weighted by Gasteiger charge is 2.15. The van der Waals surface area contributed by atoms with E-state index in [1.165, 1.54) is 23.1 Å². The van der Waals surface area contributed by atoms with E-state index < -0.39 is 4.92 Å². The van der Waals surface area contributed by atoms with Crippen LogP contribution < -0.4 is 5.32 Å². The van der Waals surface area contributed by atoms with Crippen molar-refractivity contribution >= 4 is 40.7 Å². The van der Waals surface area contributed by atoms with Gasteiger partial charge in [0.2, 0.25) is 5.91 Å². The molecular formula is C19H19Cl2N3O4. The van der Waals surface area contributed by atoms with Gasteiger partial charge in [-0.2, -0.15) is 0 Å². The number of nitro benzene ring substituents is 1. The summed E-state index contributed by atoms with van der Waals surface area (Å²) in [5.74, 6) is -0.385. The predicted octanol–water partition coefficient (Wildman–Crippen LogP) is 4.07. The van der Waals surface area contributed by atoms with Crippen LogP contribution in [0.5, 0.6) is 0 Å². The third kappa shape index (κ3) is 6.21. The Bertz CT molecular complexity index is 872. The number of hydrogen-bond donors (Lipinski definition) is 1. The first-order chi connectivity index (χ1) is 13.3. The molecule has 28 heavy (non-hydrogen) atoms. The molecule has 0 heterocycles. The molecular weight excluding hydrogens is 405 g/mol. The molecule has 0 saturated carbocycles. The van der Waals surface area contributed by atoms with Crippen LogP contribution in [0.4, 0.5) is 5.69 Å². The average molecular weight is 424 g/mol. The topological polar surface area (TPSA) is 92.5 Å². The lowest BCUT2D eigenvalue weighted by atomic mass is 10.1. The number of amides is 2. The largest absolute Gasteiger partial charge is 0.352 e. The highest BCUT2D eigenvalue weighted by Crippen LogP contribution is 2.23.